The van der Waals surface area contributed by atoms with Crippen LogP contribution in [0.5, 0.6) is 5.75 Å². The van der Waals surface area contributed by atoms with Crippen molar-refractivity contribution in [3.63, 3.8) is 0 Å². The Labute approximate surface area is 135 Å². The molecule has 0 saturated carbocycles. The second-order valence-corrected chi connectivity index (χ2v) is 6.23. The number of hydrogen-bond acceptors (Lipinski definition) is 4. The van der Waals surface area contributed by atoms with Gasteiger partial charge in [0.25, 0.3) is 0 Å². The summed E-state index contributed by atoms with van der Waals surface area (Å²) in [7, 11) is 0. The van der Waals surface area contributed by atoms with Gasteiger partial charge in [0.05, 0.1) is 8.95 Å². The Hall–Kier alpha value is -0.980. The van der Waals surface area contributed by atoms with E-state index in [9.17, 15) is 0 Å². The first kappa shape index (κ1) is 15.4. The minimum Gasteiger partial charge on any atom is -0.483 e. The number of nitrogens with zero attached hydrogens (tertiary/aromatic N) is 2. The number of benzene rings is 1. The van der Waals surface area contributed by atoms with Crippen LogP contribution in [0.1, 0.15) is 18.3 Å². The lowest BCUT2D eigenvalue weighted by molar-refractivity contribution is 0.292. The van der Waals surface area contributed by atoms with Crippen LogP contribution >= 0.6 is 31.9 Å². The highest BCUT2D eigenvalue weighted by molar-refractivity contribution is 9.11. The van der Waals surface area contributed by atoms with Gasteiger partial charge in [0.15, 0.2) is 5.82 Å². The molecule has 20 heavy (non-hydrogen) atoms. The third-order valence-electron chi connectivity index (χ3n) is 2.58. The van der Waals surface area contributed by atoms with Crippen molar-refractivity contribution in [1.29, 1.82) is 0 Å². The Morgan fingerprint density at radius 1 is 1.20 bits per heavy atom. The first-order valence-electron chi connectivity index (χ1n) is 6.18. The van der Waals surface area contributed by atoms with E-state index in [1.807, 2.05) is 19.1 Å². The van der Waals surface area contributed by atoms with Crippen molar-refractivity contribution >= 4 is 31.9 Å². The minimum atomic E-state index is 0.123. The summed E-state index contributed by atoms with van der Waals surface area (Å²) < 4.78 is 7.54. The quantitative estimate of drug-likeness (QED) is 0.834. The smallest absolute Gasteiger partial charge is 0.166 e. The van der Waals surface area contributed by atoms with Gasteiger partial charge in [-0.25, -0.2) is 9.97 Å². The molecule has 1 unspecified atom stereocenters. The maximum atomic E-state index is 5.82. The molecule has 1 atom stereocenters. The van der Waals surface area contributed by atoms with E-state index in [0.717, 1.165) is 26.7 Å². The molecule has 0 aliphatic heterocycles. The van der Waals surface area contributed by atoms with E-state index in [1.165, 1.54) is 0 Å². The average Bonchev–Trinajstić information content (AvgIpc) is 2.38. The van der Waals surface area contributed by atoms with Crippen molar-refractivity contribution in [3.8, 4) is 5.75 Å². The van der Waals surface area contributed by atoms with E-state index >= 15 is 0 Å². The van der Waals surface area contributed by atoms with Crippen LogP contribution in [0.4, 0.5) is 0 Å². The molecule has 2 aromatic rings. The molecule has 6 heteroatoms. The number of hydrogen-bond donors (Lipinski definition) is 1. The summed E-state index contributed by atoms with van der Waals surface area (Å²) in [6, 6.07) is 5.95. The zero-order valence-corrected chi connectivity index (χ0v) is 14.2. The summed E-state index contributed by atoms with van der Waals surface area (Å²) in [5.41, 5.74) is 6.97. The van der Waals surface area contributed by atoms with Crippen LogP contribution in [0.25, 0.3) is 0 Å². The summed E-state index contributed by atoms with van der Waals surface area (Å²) in [5.74, 6) is 1.39. The Morgan fingerprint density at radius 3 is 2.35 bits per heavy atom. The van der Waals surface area contributed by atoms with Gasteiger partial charge in [-0.1, -0.05) is 0 Å². The van der Waals surface area contributed by atoms with Crippen molar-refractivity contribution in [3.05, 3.63) is 50.9 Å². The van der Waals surface area contributed by atoms with E-state index in [4.69, 9.17) is 10.5 Å². The predicted molar refractivity (Wildman–Crippen MR) is 85.6 cm³/mol. The summed E-state index contributed by atoms with van der Waals surface area (Å²) >= 11 is 7.05. The molecule has 2 rings (SSSR count). The number of aromatic nitrogens is 2. The van der Waals surface area contributed by atoms with Gasteiger partial charge >= 0.3 is 0 Å². The third kappa shape index (κ3) is 4.26. The first-order chi connectivity index (χ1) is 9.56. The molecule has 0 amide bonds. The van der Waals surface area contributed by atoms with E-state index in [1.54, 1.807) is 18.5 Å². The Bertz CT molecular complexity index is 553. The molecule has 1 heterocycles. The van der Waals surface area contributed by atoms with Gasteiger partial charge in [-0.05, 0) is 69.0 Å². The van der Waals surface area contributed by atoms with E-state index in [2.05, 4.69) is 41.8 Å². The van der Waals surface area contributed by atoms with Gasteiger partial charge in [0.1, 0.15) is 12.4 Å². The van der Waals surface area contributed by atoms with Gasteiger partial charge in [-0.15, -0.1) is 0 Å². The van der Waals surface area contributed by atoms with Crippen molar-refractivity contribution in [2.75, 3.05) is 0 Å². The van der Waals surface area contributed by atoms with Gasteiger partial charge in [-0.3, -0.25) is 0 Å². The zero-order valence-electron chi connectivity index (χ0n) is 11.0. The van der Waals surface area contributed by atoms with Crippen molar-refractivity contribution in [2.24, 2.45) is 5.73 Å². The molecule has 0 aliphatic rings. The largest absolute Gasteiger partial charge is 0.483 e. The SMILES string of the molecule is CC(N)Cc1cc(Br)c(OCc2ncccn2)c(Br)c1. The van der Waals surface area contributed by atoms with Crippen LogP contribution in [0.2, 0.25) is 0 Å². The second-order valence-electron chi connectivity index (χ2n) is 4.52. The Morgan fingerprint density at radius 2 is 1.80 bits per heavy atom. The maximum Gasteiger partial charge on any atom is 0.166 e. The van der Waals surface area contributed by atoms with Crippen LogP contribution in [0, 0.1) is 0 Å². The molecule has 1 aromatic carbocycles. The highest BCUT2D eigenvalue weighted by Crippen LogP contribution is 2.35. The highest BCUT2D eigenvalue weighted by atomic mass is 79.9. The van der Waals surface area contributed by atoms with Gasteiger partial charge in [-0.2, -0.15) is 0 Å². The highest BCUT2D eigenvalue weighted by Gasteiger charge is 2.11. The molecular formula is C14H15Br2N3O. The summed E-state index contributed by atoms with van der Waals surface area (Å²) in [4.78, 5) is 8.25. The molecule has 0 bridgehead atoms. The number of halogens is 2. The van der Waals surface area contributed by atoms with Crippen molar-refractivity contribution in [2.45, 2.75) is 26.0 Å². The lowest BCUT2D eigenvalue weighted by Crippen LogP contribution is -2.17. The summed E-state index contributed by atoms with van der Waals surface area (Å²) in [5, 5.41) is 0. The molecule has 106 valence electrons. The molecule has 0 radical (unpaired) electrons. The lowest BCUT2D eigenvalue weighted by Gasteiger charge is -2.12. The number of rotatable bonds is 5. The van der Waals surface area contributed by atoms with Crippen LogP contribution in [0.3, 0.4) is 0 Å². The van der Waals surface area contributed by atoms with Crippen molar-refractivity contribution in [1.82, 2.24) is 9.97 Å². The first-order valence-corrected chi connectivity index (χ1v) is 7.77. The molecule has 0 saturated heterocycles. The summed E-state index contributed by atoms with van der Waals surface area (Å²) in [6.07, 6.45) is 4.21. The standard InChI is InChI=1S/C14H15Br2N3O/c1-9(17)5-10-6-11(15)14(12(16)7-10)20-8-13-18-3-2-4-19-13/h2-4,6-7,9H,5,8,17H2,1H3. The molecule has 4 nitrogen and oxygen atoms in total. The van der Waals surface area contributed by atoms with Gasteiger partial charge in [0, 0.05) is 18.4 Å². The molecular weight excluding hydrogens is 386 g/mol. The van der Waals surface area contributed by atoms with E-state index < -0.39 is 0 Å². The lowest BCUT2D eigenvalue weighted by atomic mass is 10.1. The van der Waals surface area contributed by atoms with Crippen LogP contribution in [-0.4, -0.2) is 16.0 Å². The van der Waals surface area contributed by atoms with Crippen LogP contribution in [0.15, 0.2) is 39.5 Å². The topological polar surface area (TPSA) is 61.0 Å². The molecule has 1 aromatic heterocycles. The number of nitrogens with two attached hydrogens (primary N) is 1. The number of ether oxygens (including phenoxy) is 1. The van der Waals surface area contributed by atoms with E-state index in [-0.39, 0.29) is 6.04 Å². The van der Waals surface area contributed by atoms with Crippen LogP contribution in [-0.2, 0) is 13.0 Å². The molecule has 0 aliphatic carbocycles. The summed E-state index contributed by atoms with van der Waals surface area (Å²) in [6.45, 7) is 2.31. The minimum absolute atomic E-state index is 0.123. The maximum absolute atomic E-state index is 5.82. The molecule has 2 N–H and O–H groups in total. The molecule has 0 fully saturated rings. The van der Waals surface area contributed by atoms with E-state index in [0.29, 0.717) is 12.4 Å². The fourth-order valence-corrected chi connectivity index (χ4v) is 3.29. The normalized spacial score (nSPS) is 12.2. The van der Waals surface area contributed by atoms with Gasteiger partial charge < -0.3 is 10.5 Å². The zero-order chi connectivity index (χ0) is 14.5. The van der Waals surface area contributed by atoms with Crippen LogP contribution < -0.4 is 10.5 Å². The predicted octanol–water partition coefficient (Wildman–Crippen LogP) is 3.47. The monoisotopic (exact) mass is 399 g/mol. The van der Waals surface area contributed by atoms with Crippen molar-refractivity contribution < 1.29 is 4.74 Å². The average molecular weight is 401 g/mol. The Balaban J connectivity index is 2.12. The second kappa shape index (κ2) is 7.15. The fourth-order valence-electron chi connectivity index (χ4n) is 1.78. The molecule has 0 spiro atoms. The fraction of sp³-hybridized carbons (Fsp3) is 0.286. The third-order valence-corrected chi connectivity index (χ3v) is 3.76. The van der Waals surface area contributed by atoms with Gasteiger partial charge in [0.2, 0.25) is 0 Å². The Kier molecular flexibility index (Phi) is 5.51.